The molecule has 1 atom stereocenters. The lowest BCUT2D eigenvalue weighted by atomic mass is 10.1. The van der Waals surface area contributed by atoms with Crippen LogP contribution < -0.4 is 15.4 Å². The van der Waals surface area contributed by atoms with Crippen LogP contribution in [-0.2, 0) is 16.1 Å². The largest absolute Gasteiger partial charge is 0.496 e. The molecule has 1 heterocycles. The van der Waals surface area contributed by atoms with Crippen LogP contribution in [0.15, 0.2) is 48.5 Å². The first-order valence-electron chi connectivity index (χ1n) is 10.00. The van der Waals surface area contributed by atoms with Crippen molar-refractivity contribution in [2.24, 2.45) is 5.92 Å². The van der Waals surface area contributed by atoms with Crippen LogP contribution in [0.2, 0.25) is 0 Å². The maximum Gasteiger partial charge on any atom is 0.253 e. The molecule has 1 fully saturated rings. The van der Waals surface area contributed by atoms with Gasteiger partial charge in [-0.1, -0.05) is 30.3 Å². The van der Waals surface area contributed by atoms with Gasteiger partial charge in [-0.05, 0) is 32.0 Å². The van der Waals surface area contributed by atoms with Crippen LogP contribution in [0.5, 0.6) is 5.75 Å². The quantitative estimate of drug-likeness (QED) is 0.736. The number of hydrogen-bond donors (Lipinski definition) is 2. The maximum absolute atomic E-state index is 12.8. The van der Waals surface area contributed by atoms with Gasteiger partial charge in [0.2, 0.25) is 11.8 Å². The van der Waals surface area contributed by atoms with Crippen molar-refractivity contribution >= 4 is 23.4 Å². The summed E-state index contributed by atoms with van der Waals surface area (Å²) >= 11 is 0. The molecule has 7 nitrogen and oxygen atoms in total. The Kier molecular flexibility index (Phi) is 6.72. The number of nitrogens with one attached hydrogen (secondary N) is 2. The molecule has 0 aromatic heterocycles. The van der Waals surface area contributed by atoms with E-state index in [4.69, 9.17) is 4.74 Å². The molecular weight excluding hydrogens is 382 g/mol. The van der Waals surface area contributed by atoms with Crippen LogP contribution in [0, 0.1) is 5.92 Å². The fourth-order valence-corrected chi connectivity index (χ4v) is 3.55. The number of amides is 3. The molecule has 7 heteroatoms. The van der Waals surface area contributed by atoms with Gasteiger partial charge in [-0.15, -0.1) is 0 Å². The molecule has 2 aromatic rings. The number of hydrogen-bond acceptors (Lipinski definition) is 4. The maximum atomic E-state index is 12.8. The van der Waals surface area contributed by atoms with Gasteiger partial charge in [-0.25, -0.2) is 0 Å². The van der Waals surface area contributed by atoms with Gasteiger partial charge < -0.3 is 20.3 Å². The minimum atomic E-state index is -0.426. The molecule has 0 bridgehead atoms. The second-order valence-corrected chi connectivity index (χ2v) is 7.57. The average Bonchev–Trinajstić information content (AvgIpc) is 3.14. The number of rotatable bonds is 7. The molecule has 2 aromatic carbocycles. The molecule has 1 aliphatic rings. The van der Waals surface area contributed by atoms with Crippen LogP contribution in [0.3, 0.4) is 0 Å². The molecule has 0 unspecified atom stereocenters. The summed E-state index contributed by atoms with van der Waals surface area (Å²) in [6.07, 6.45) is 0.187. The summed E-state index contributed by atoms with van der Waals surface area (Å²) in [6.45, 7) is 4.55. The van der Waals surface area contributed by atoms with Crippen LogP contribution in [0.4, 0.5) is 5.69 Å². The Morgan fingerprint density at radius 3 is 2.53 bits per heavy atom. The number of likely N-dealkylation sites (tertiary alicyclic amines) is 1. The number of carbonyl (C=O) groups is 3. The third kappa shape index (κ3) is 4.79. The number of nitrogens with zero attached hydrogens (tertiary/aromatic N) is 1. The molecule has 1 aliphatic heterocycles. The van der Waals surface area contributed by atoms with Crippen molar-refractivity contribution in [3.63, 3.8) is 0 Å². The Hall–Kier alpha value is -3.35. The van der Waals surface area contributed by atoms with Crippen molar-refractivity contribution in [3.8, 4) is 5.75 Å². The zero-order chi connectivity index (χ0) is 21.7. The highest BCUT2D eigenvalue weighted by Gasteiger charge is 2.35. The molecule has 158 valence electrons. The third-order valence-electron chi connectivity index (χ3n) is 5.21. The van der Waals surface area contributed by atoms with Gasteiger partial charge in [0.1, 0.15) is 5.75 Å². The van der Waals surface area contributed by atoms with Gasteiger partial charge in [0.05, 0.1) is 24.3 Å². The minimum Gasteiger partial charge on any atom is -0.496 e. The highest BCUT2D eigenvalue weighted by molar-refractivity contribution is 6.05. The summed E-state index contributed by atoms with van der Waals surface area (Å²) in [7, 11) is 1.58. The normalized spacial score (nSPS) is 15.9. The fourth-order valence-electron chi connectivity index (χ4n) is 3.55. The number of para-hydroxylation sites is 2. The Morgan fingerprint density at radius 2 is 1.83 bits per heavy atom. The van der Waals surface area contributed by atoms with Gasteiger partial charge >= 0.3 is 0 Å². The van der Waals surface area contributed by atoms with E-state index in [2.05, 4.69) is 10.6 Å². The predicted molar refractivity (Wildman–Crippen MR) is 114 cm³/mol. The monoisotopic (exact) mass is 409 g/mol. The topological polar surface area (TPSA) is 87.7 Å². The van der Waals surface area contributed by atoms with Crippen molar-refractivity contribution in [1.29, 1.82) is 0 Å². The Morgan fingerprint density at radius 1 is 1.13 bits per heavy atom. The molecule has 30 heavy (non-hydrogen) atoms. The van der Waals surface area contributed by atoms with E-state index in [1.807, 2.05) is 38.1 Å². The molecular formula is C23H27N3O4. The highest BCUT2D eigenvalue weighted by atomic mass is 16.5. The summed E-state index contributed by atoms with van der Waals surface area (Å²) in [5.41, 5.74) is 1.65. The number of anilines is 1. The molecule has 0 saturated carbocycles. The summed E-state index contributed by atoms with van der Waals surface area (Å²) < 4.78 is 5.31. The summed E-state index contributed by atoms with van der Waals surface area (Å²) in [4.78, 5) is 39.3. The first kappa shape index (κ1) is 21.4. The fraction of sp³-hybridized carbons (Fsp3) is 0.348. The predicted octanol–water partition coefficient (Wildman–Crippen LogP) is 2.82. The SMILES string of the molecule is COc1ccccc1CNC(=O)c1ccccc1NC(=O)[C@@H]1CC(=O)N(C(C)C)C1. The Balaban J connectivity index is 1.67. The number of carbonyl (C=O) groups excluding carboxylic acids is 3. The number of ether oxygens (including phenoxy) is 1. The van der Waals surface area contributed by atoms with Gasteiger partial charge in [-0.3, -0.25) is 14.4 Å². The van der Waals surface area contributed by atoms with Crippen molar-refractivity contribution in [1.82, 2.24) is 10.2 Å². The second-order valence-electron chi connectivity index (χ2n) is 7.57. The van der Waals surface area contributed by atoms with Crippen LogP contribution in [0.25, 0.3) is 0 Å². The average molecular weight is 409 g/mol. The lowest BCUT2D eigenvalue weighted by molar-refractivity contribution is -0.129. The smallest absolute Gasteiger partial charge is 0.253 e. The van der Waals surface area contributed by atoms with E-state index in [0.717, 1.165) is 5.56 Å². The zero-order valence-electron chi connectivity index (χ0n) is 17.5. The van der Waals surface area contributed by atoms with Gasteiger partial charge in [0.15, 0.2) is 0 Å². The van der Waals surface area contributed by atoms with Crippen LogP contribution >= 0.6 is 0 Å². The van der Waals surface area contributed by atoms with Crippen LogP contribution in [0.1, 0.15) is 36.2 Å². The molecule has 0 radical (unpaired) electrons. The van der Waals surface area contributed by atoms with Gasteiger partial charge in [-0.2, -0.15) is 0 Å². The molecule has 1 saturated heterocycles. The second kappa shape index (κ2) is 9.43. The molecule has 2 N–H and O–H groups in total. The Labute approximate surface area is 176 Å². The van der Waals surface area contributed by atoms with Crippen molar-refractivity contribution in [2.75, 3.05) is 19.0 Å². The standard InChI is InChI=1S/C23H27N3O4/c1-15(2)26-14-17(12-21(26)27)22(28)25-19-10-6-5-9-18(19)23(29)24-13-16-8-4-7-11-20(16)30-3/h4-11,15,17H,12-14H2,1-3H3,(H,24,29)(H,25,28)/t17-/m1/s1. The summed E-state index contributed by atoms with van der Waals surface area (Å²) in [5.74, 6) is -0.308. The molecule has 3 amide bonds. The third-order valence-corrected chi connectivity index (χ3v) is 5.21. The number of methoxy groups -OCH3 is 1. The van der Waals surface area contributed by atoms with E-state index in [1.165, 1.54) is 0 Å². The van der Waals surface area contributed by atoms with E-state index in [0.29, 0.717) is 30.1 Å². The lowest BCUT2D eigenvalue weighted by Crippen LogP contribution is -2.33. The first-order valence-corrected chi connectivity index (χ1v) is 10.00. The van der Waals surface area contributed by atoms with Crippen LogP contribution in [-0.4, -0.2) is 42.3 Å². The van der Waals surface area contributed by atoms with Gasteiger partial charge in [0, 0.05) is 31.1 Å². The van der Waals surface area contributed by atoms with Crippen molar-refractivity contribution in [2.45, 2.75) is 32.9 Å². The van der Waals surface area contributed by atoms with Crippen molar-refractivity contribution < 1.29 is 19.1 Å². The van der Waals surface area contributed by atoms with Crippen molar-refractivity contribution in [3.05, 3.63) is 59.7 Å². The minimum absolute atomic E-state index is 0.0204. The van der Waals surface area contributed by atoms with Gasteiger partial charge in [0.25, 0.3) is 5.91 Å². The van der Waals surface area contributed by atoms with E-state index >= 15 is 0 Å². The summed E-state index contributed by atoms with van der Waals surface area (Å²) in [6, 6.07) is 14.4. The molecule has 0 spiro atoms. The van der Waals surface area contributed by atoms with E-state index in [1.54, 1.807) is 36.3 Å². The molecule has 0 aliphatic carbocycles. The lowest BCUT2D eigenvalue weighted by Gasteiger charge is -2.20. The number of benzene rings is 2. The Bertz CT molecular complexity index is 942. The first-order chi connectivity index (χ1) is 14.4. The van der Waals surface area contributed by atoms with E-state index in [9.17, 15) is 14.4 Å². The highest BCUT2D eigenvalue weighted by Crippen LogP contribution is 2.23. The zero-order valence-corrected chi connectivity index (χ0v) is 17.5. The molecule has 3 rings (SSSR count). The van der Waals surface area contributed by atoms with E-state index < -0.39 is 5.92 Å². The van der Waals surface area contributed by atoms with E-state index in [-0.39, 0.29) is 30.2 Å². The summed E-state index contributed by atoms with van der Waals surface area (Å²) in [5, 5.41) is 5.70.